The van der Waals surface area contributed by atoms with Crippen LogP contribution in [-0.4, -0.2) is 10.9 Å². The monoisotopic (exact) mass is 484 g/mol. The van der Waals surface area contributed by atoms with Gasteiger partial charge in [0.15, 0.2) is 0 Å². The number of carbonyl (C=O) groups excluding carboxylic acids is 1. The maximum absolute atomic E-state index is 13.3. The lowest BCUT2D eigenvalue weighted by atomic mass is 9.68. The standard InChI is InChI=1S/C30H29ClN2O2/c1-20-15-16-33-22(3)27(20)19-35-26-12-9-24(10-13-26)30(29(32)34,18-23-7-5-4-6-8-23)28-14-11-25(31)17-21(28)2/h4-17H,18-19H2,1-3H3,(H2,32,34). The van der Waals surface area contributed by atoms with Crippen molar-refractivity contribution < 1.29 is 9.53 Å². The zero-order valence-corrected chi connectivity index (χ0v) is 21.0. The Morgan fingerprint density at radius 1 is 0.943 bits per heavy atom. The zero-order valence-electron chi connectivity index (χ0n) is 20.2. The van der Waals surface area contributed by atoms with Crippen molar-refractivity contribution in [3.8, 4) is 5.75 Å². The van der Waals surface area contributed by atoms with Crippen LogP contribution in [0.5, 0.6) is 5.75 Å². The minimum absolute atomic E-state index is 0.415. The Hall–Kier alpha value is -3.63. The molecule has 1 unspecified atom stereocenters. The summed E-state index contributed by atoms with van der Waals surface area (Å²) < 4.78 is 6.07. The number of rotatable bonds is 8. The van der Waals surface area contributed by atoms with Crippen LogP contribution in [-0.2, 0) is 23.2 Å². The number of carbonyl (C=O) groups is 1. The number of ether oxygens (including phenoxy) is 1. The topological polar surface area (TPSA) is 65.2 Å². The summed E-state index contributed by atoms with van der Waals surface area (Å²) in [6.07, 6.45) is 2.23. The van der Waals surface area contributed by atoms with Gasteiger partial charge in [0.05, 0.1) is 0 Å². The molecule has 1 atom stereocenters. The first-order chi connectivity index (χ1) is 16.8. The summed E-state index contributed by atoms with van der Waals surface area (Å²) in [5.74, 6) is 0.296. The van der Waals surface area contributed by atoms with Crippen molar-refractivity contribution in [2.45, 2.75) is 39.2 Å². The van der Waals surface area contributed by atoms with Crippen molar-refractivity contribution in [2.24, 2.45) is 5.73 Å². The van der Waals surface area contributed by atoms with Gasteiger partial charge in [0.25, 0.3) is 0 Å². The third-order valence-electron chi connectivity index (χ3n) is 6.62. The van der Waals surface area contributed by atoms with Gasteiger partial charge in [-0.3, -0.25) is 9.78 Å². The van der Waals surface area contributed by atoms with Crippen molar-refractivity contribution in [1.82, 2.24) is 4.98 Å². The SMILES string of the molecule is Cc1cc(Cl)ccc1C(Cc1ccccc1)(C(N)=O)c1ccc(OCc2c(C)ccnc2C)cc1. The van der Waals surface area contributed by atoms with Gasteiger partial charge in [0, 0.05) is 22.5 Å². The van der Waals surface area contributed by atoms with Crippen LogP contribution in [0.25, 0.3) is 0 Å². The summed E-state index contributed by atoms with van der Waals surface area (Å²) in [6.45, 7) is 6.41. The van der Waals surface area contributed by atoms with Gasteiger partial charge < -0.3 is 10.5 Å². The van der Waals surface area contributed by atoms with Crippen LogP contribution in [0.4, 0.5) is 0 Å². The largest absolute Gasteiger partial charge is 0.489 e. The van der Waals surface area contributed by atoms with Crippen molar-refractivity contribution in [3.63, 3.8) is 0 Å². The Kier molecular flexibility index (Phi) is 7.23. The smallest absolute Gasteiger partial charge is 0.232 e. The molecule has 0 aliphatic carbocycles. The van der Waals surface area contributed by atoms with Crippen molar-refractivity contribution in [2.75, 3.05) is 0 Å². The zero-order chi connectivity index (χ0) is 25.0. The molecule has 1 aromatic heterocycles. The summed E-state index contributed by atoms with van der Waals surface area (Å²) in [5.41, 5.74) is 11.9. The van der Waals surface area contributed by atoms with E-state index in [0.717, 1.165) is 39.1 Å². The van der Waals surface area contributed by atoms with Crippen LogP contribution in [0.15, 0.2) is 85.1 Å². The molecule has 178 valence electrons. The van der Waals surface area contributed by atoms with Gasteiger partial charge in [-0.05, 0) is 85.3 Å². The number of aryl methyl sites for hydroxylation is 3. The predicted molar refractivity (Wildman–Crippen MR) is 141 cm³/mol. The first-order valence-corrected chi connectivity index (χ1v) is 11.9. The third-order valence-corrected chi connectivity index (χ3v) is 6.85. The third kappa shape index (κ3) is 5.08. The van der Waals surface area contributed by atoms with Gasteiger partial charge in [0.1, 0.15) is 17.8 Å². The van der Waals surface area contributed by atoms with Crippen LogP contribution in [0.1, 0.15) is 39.1 Å². The molecule has 0 bridgehead atoms. The molecular weight excluding hydrogens is 456 g/mol. The summed E-state index contributed by atoms with van der Waals surface area (Å²) in [6, 6.07) is 25.1. The van der Waals surface area contributed by atoms with Crippen LogP contribution >= 0.6 is 11.6 Å². The lowest BCUT2D eigenvalue weighted by Gasteiger charge is -2.33. The van der Waals surface area contributed by atoms with Crippen molar-refractivity contribution >= 4 is 17.5 Å². The minimum Gasteiger partial charge on any atom is -0.489 e. The van der Waals surface area contributed by atoms with E-state index in [0.29, 0.717) is 23.8 Å². The molecule has 4 aromatic rings. The van der Waals surface area contributed by atoms with Crippen molar-refractivity contribution in [3.05, 3.63) is 129 Å². The van der Waals surface area contributed by atoms with E-state index in [1.807, 2.05) is 92.7 Å². The molecule has 0 spiro atoms. The summed E-state index contributed by atoms with van der Waals surface area (Å²) >= 11 is 6.24. The van der Waals surface area contributed by atoms with Gasteiger partial charge in [0.2, 0.25) is 5.91 Å². The van der Waals surface area contributed by atoms with Gasteiger partial charge >= 0.3 is 0 Å². The second kappa shape index (κ2) is 10.3. The lowest BCUT2D eigenvalue weighted by Crippen LogP contribution is -2.44. The summed E-state index contributed by atoms with van der Waals surface area (Å²) in [7, 11) is 0. The van der Waals surface area contributed by atoms with Crippen LogP contribution in [0, 0.1) is 20.8 Å². The Labute approximate surface area is 211 Å². The molecule has 1 heterocycles. The van der Waals surface area contributed by atoms with E-state index in [4.69, 9.17) is 22.1 Å². The van der Waals surface area contributed by atoms with Crippen LogP contribution in [0.2, 0.25) is 5.02 Å². The summed E-state index contributed by atoms with van der Waals surface area (Å²) in [4.78, 5) is 17.7. The highest BCUT2D eigenvalue weighted by Gasteiger charge is 2.41. The van der Waals surface area contributed by atoms with E-state index in [9.17, 15) is 4.79 Å². The molecule has 0 aliphatic heterocycles. The molecular formula is C30H29ClN2O2. The number of amides is 1. The Bertz CT molecular complexity index is 1320. The van der Waals surface area contributed by atoms with Gasteiger partial charge in [-0.1, -0.05) is 60.1 Å². The van der Waals surface area contributed by atoms with Crippen LogP contribution in [0.3, 0.4) is 0 Å². The second-order valence-corrected chi connectivity index (χ2v) is 9.33. The number of hydrogen-bond donors (Lipinski definition) is 1. The highest BCUT2D eigenvalue weighted by Crippen LogP contribution is 2.39. The molecule has 0 fully saturated rings. The number of benzene rings is 3. The molecule has 0 saturated heterocycles. The normalized spacial score (nSPS) is 12.7. The predicted octanol–water partition coefficient (Wildman–Crippen LogP) is 6.25. The number of halogens is 1. The number of nitrogens with zero attached hydrogens (tertiary/aromatic N) is 1. The van der Waals surface area contributed by atoms with E-state index >= 15 is 0 Å². The number of primary amides is 1. The number of hydrogen-bond acceptors (Lipinski definition) is 3. The van der Waals surface area contributed by atoms with Gasteiger partial charge in [-0.15, -0.1) is 0 Å². The molecule has 1 amide bonds. The fourth-order valence-electron chi connectivity index (χ4n) is 4.66. The van der Waals surface area contributed by atoms with Crippen LogP contribution < -0.4 is 10.5 Å². The van der Waals surface area contributed by atoms with Gasteiger partial charge in [-0.25, -0.2) is 0 Å². The number of pyridine rings is 1. The molecule has 0 radical (unpaired) electrons. The maximum Gasteiger partial charge on any atom is 0.232 e. The first-order valence-electron chi connectivity index (χ1n) is 11.6. The Morgan fingerprint density at radius 3 is 2.29 bits per heavy atom. The molecule has 4 nitrogen and oxygen atoms in total. The van der Waals surface area contributed by atoms with Crippen molar-refractivity contribution in [1.29, 1.82) is 0 Å². The molecule has 5 heteroatoms. The number of aromatic nitrogens is 1. The second-order valence-electron chi connectivity index (χ2n) is 8.90. The van der Waals surface area contributed by atoms with E-state index in [1.54, 1.807) is 6.20 Å². The summed E-state index contributed by atoms with van der Waals surface area (Å²) in [5, 5.41) is 0.620. The molecule has 3 aromatic carbocycles. The quantitative estimate of drug-likeness (QED) is 0.321. The molecule has 0 aliphatic rings. The average molecular weight is 485 g/mol. The fourth-order valence-corrected chi connectivity index (χ4v) is 4.88. The van der Waals surface area contributed by atoms with Gasteiger partial charge in [-0.2, -0.15) is 0 Å². The molecule has 0 saturated carbocycles. The highest BCUT2D eigenvalue weighted by atomic mass is 35.5. The molecule has 35 heavy (non-hydrogen) atoms. The van der Waals surface area contributed by atoms with E-state index < -0.39 is 11.3 Å². The minimum atomic E-state index is -1.06. The van der Waals surface area contributed by atoms with E-state index in [-0.39, 0.29) is 0 Å². The highest BCUT2D eigenvalue weighted by molar-refractivity contribution is 6.30. The lowest BCUT2D eigenvalue weighted by molar-refractivity contribution is -0.122. The molecule has 2 N–H and O–H groups in total. The number of nitrogens with two attached hydrogens (primary N) is 1. The Morgan fingerprint density at radius 2 is 1.66 bits per heavy atom. The first kappa shape index (κ1) is 24.5. The average Bonchev–Trinajstić information content (AvgIpc) is 2.83. The van der Waals surface area contributed by atoms with E-state index in [2.05, 4.69) is 11.9 Å². The maximum atomic E-state index is 13.3. The van der Waals surface area contributed by atoms with E-state index in [1.165, 1.54) is 0 Å². The Balaban J connectivity index is 1.73. The fraction of sp³-hybridized carbons (Fsp3) is 0.200. The molecule has 4 rings (SSSR count).